The molecule has 2 atom stereocenters. The van der Waals surface area contributed by atoms with Crippen LogP contribution in [-0.4, -0.2) is 44.3 Å². The number of amides is 1. The van der Waals surface area contributed by atoms with Gasteiger partial charge in [0, 0.05) is 38.0 Å². The Morgan fingerprint density at radius 1 is 1.36 bits per heavy atom. The number of benzene rings is 1. The van der Waals surface area contributed by atoms with Gasteiger partial charge in [-0.3, -0.25) is 4.79 Å². The second-order valence-corrected chi connectivity index (χ2v) is 7.20. The number of aryl methyl sites for hydroxylation is 1. The number of carbonyl (C=O) groups is 1. The molecule has 1 aromatic carbocycles. The molecule has 3 rings (SSSR count). The van der Waals surface area contributed by atoms with Crippen LogP contribution in [-0.2, 0) is 9.53 Å². The molecule has 6 heteroatoms. The zero-order valence-electron chi connectivity index (χ0n) is 14.8. The topological polar surface area (TPSA) is 67.6 Å². The molecule has 2 aliphatic rings. The Kier molecular flexibility index (Phi) is 5.91. The Bertz CT molecular complexity index is 604. The molecular weight excluding hydrogens is 321 g/mol. The fraction of sp³-hybridized carbons (Fsp3) is 0.632. The van der Waals surface area contributed by atoms with E-state index in [1.807, 2.05) is 13.0 Å². The van der Waals surface area contributed by atoms with E-state index in [-0.39, 0.29) is 23.7 Å². The van der Waals surface area contributed by atoms with Gasteiger partial charge in [0.15, 0.2) is 0 Å². The van der Waals surface area contributed by atoms with Crippen molar-refractivity contribution in [3.8, 4) is 0 Å². The second-order valence-electron chi connectivity index (χ2n) is 7.20. The quantitative estimate of drug-likeness (QED) is 0.872. The number of carbonyl (C=O) groups excluding carboxylic acids is 1. The van der Waals surface area contributed by atoms with Crippen molar-refractivity contribution in [3.05, 3.63) is 29.6 Å². The minimum absolute atomic E-state index is 0.0606. The van der Waals surface area contributed by atoms with Gasteiger partial charge in [0.2, 0.25) is 5.91 Å². The first-order chi connectivity index (χ1) is 12.0. The minimum atomic E-state index is -0.466. The monoisotopic (exact) mass is 349 g/mol. The highest BCUT2D eigenvalue weighted by atomic mass is 19.1. The Morgan fingerprint density at radius 3 is 2.84 bits per heavy atom. The molecule has 2 saturated heterocycles. The van der Waals surface area contributed by atoms with E-state index in [1.54, 1.807) is 6.07 Å². The first-order valence-corrected chi connectivity index (χ1v) is 9.19. The third-order valence-electron chi connectivity index (χ3n) is 5.34. The predicted molar refractivity (Wildman–Crippen MR) is 96.0 cm³/mol. The Hall–Kier alpha value is -1.66. The van der Waals surface area contributed by atoms with Crippen molar-refractivity contribution in [3.63, 3.8) is 0 Å². The number of nitrogens with one attached hydrogen (secondary N) is 1. The Balaban J connectivity index is 1.58. The lowest BCUT2D eigenvalue weighted by molar-refractivity contribution is -0.125. The van der Waals surface area contributed by atoms with E-state index in [0.29, 0.717) is 13.2 Å². The molecule has 3 N–H and O–H groups in total. The number of nitrogens with two attached hydrogens (primary N) is 1. The van der Waals surface area contributed by atoms with Crippen LogP contribution in [0.15, 0.2) is 18.2 Å². The molecule has 0 aliphatic carbocycles. The fourth-order valence-electron chi connectivity index (χ4n) is 3.87. The van der Waals surface area contributed by atoms with E-state index in [0.717, 1.165) is 50.0 Å². The summed E-state index contributed by atoms with van der Waals surface area (Å²) >= 11 is 0. The SMILES string of the molecule is Cc1cc(F)ccc1N1CCCC(NC(=O)C(N)C2CCOCC2)C1. The van der Waals surface area contributed by atoms with E-state index in [4.69, 9.17) is 10.5 Å². The molecule has 0 spiro atoms. The van der Waals surface area contributed by atoms with Crippen LogP contribution < -0.4 is 16.0 Å². The molecule has 0 bridgehead atoms. The lowest BCUT2D eigenvalue weighted by atomic mass is 9.91. The first kappa shape index (κ1) is 18.1. The Morgan fingerprint density at radius 2 is 2.12 bits per heavy atom. The molecule has 0 saturated carbocycles. The van der Waals surface area contributed by atoms with E-state index < -0.39 is 6.04 Å². The summed E-state index contributed by atoms with van der Waals surface area (Å²) in [5, 5.41) is 3.13. The molecule has 2 heterocycles. The van der Waals surface area contributed by atoms with E-state index in [2.05, 4.69) is 10.2 Å². The summed E-state index contributed by atoms with van der Waals surface area (Å²) in [6.45, 7) is 4.95. The fourth-order valence-corrected chi connectivity index (χ4v) is 3.87. The molecule has 0 aromatic heterocycles. The standard InChI is InChI=1S/C19H28FN3O2/c1-13-11-15(20)4-5-17(13)23-8-2-3-16(12-23)22-19(24)18(21)14-6-9-25-10-7-14/h4-5,11,14,16,18H,2-3,6-10,12,21H2,1H3,(H,22,24). The van der Waals surface area contributed by atoms with Gasteiger partial charge in [0.1, 0.15) is 5.82 Å². The maximum absolute atomic E-state index is 13.3. The van der Waals surface area contributed by atoms with Gasteiger partial charge in [0.25, 0.3) is 0 Å². The normalized spacial score (nSPS) is 23.3. The molecule has 0 radical (unpaired) electrons. The number of hydrogen-bond acceptors (Lipinski definition) is 4. The van der Waals surface area contributed by atoms with E-state index >= 15 is 0 Å². The number of halogens is 1. The molecule has 1 amide bonds. The summed E-state index contributed by atoms with van der Waals surface area (Å²) in [5.41, 5.74) is 8.13. The summed E-state index contributed by atoms with van der Waals surface area (Å²) in [6.07, 6.45) is 3.64. The van der Waals surface area contributed by atoms with Gasteiger partial charge in [-0.15, -0.1) is 0 Å². The third kappa shape index (κ3) is 4.50. The largest absolute Gasteiger partial charge is 0.381 e. The van der Waals surface area contributed by atoms with Crippen molar-refractivity contribution >= 4 is 11.6 Å². The Labute approximate surface area is 148 Å². The maximum atomic E-state index is 13.3. The van der Waals surface area contributed by atoms with Crippen LogP contribution in [0.25, 0.3) is 0 Å². The van der Waals surface area contributed by atoms with Crippen molar-refractivity contribution in [1.82, 2.24) is 5.32 Å². The smallest absolute Gasteiger partial charge is 0.237 e. The van der Waals surface area contributed by atoms with Gasteiger partial charge in [-0.1, -0.05) is 0 Å². The first-order valence-electron chi connectivity index (χ1n) is 9.19. The average molecular weight is 349 g/mol. The van der Waals surface area contributed by atoms with Gasteiger partial charge >= 0.3 is 0 Å². The maximum Gasteiger partial charge on any atom is 0.237 e. The number of piperidine rings is 1. The molecule has 1 aromatic rings. The summed E-state index contributed by atoms with van der Waals surface area (Å²) in [6, 6.07) is 4.48. The van der Waals surface area contributed by atoms with Crippen molar-refractivity contribution in [2.24, 2.45) is 11.7 Å². The number of nitrogens with zero attached hydrogens (tertiary/aromatic N) is 1. The van der Waals surface area contributed by atoms with Crippen LogP contribution >= 0.6 is 0 Å². The number of ether oxygens (including phenoxy) is 1. The lowest BCUT2D eigenvalue weighted by Crippen LogP contribution is -2.54. The molecule has 2 aliphatic heterocycles. The van der Waals surface area contributed by atoms with Gasteiger partial charge in [-0.2, -0.15) is 0 Å². The number of rotatable bonds is 4. The molecule has 2 fully saturated rings. The van der Waals surface area contributed by atoms with Gasteiger partial charge in [-0.05, 0) is 62.3 Å². The zero-order valence-corrected chi connectivity index (χ0v) is 14.8. The highest BCUT2D eigenvalue weighted by Gasteiger charge is 2.29. The zero-order chi connectivity index (χ0) is 17.8. The van der Waals surface area contributed by atoms with Crippen LogP contribution in [0, 0.1) is 18.7 Å². The highest BCUT2D eigenvalue weighted by Crippen LogP contribution is 2.25. The van der Waals surface area contributed by atoms with Gasteiger partial charge in [-0.25, -0.2) is 4.39 Å². The van der Waals surface area contributed by atoms with Crippen LogP contribution in [0.2, 0.25) is 0 Å². The van der Waals surface area contributed by atoms with Crippen molar-refractivity contribution in [1.29, 1.82) is 0 Å². The minimum Gasteiger partial charge on any atom is -0.381 e. The molecular formula is C19H28FN3O2. The summed E-state index contributed by atoms with van der Waals surface area (Å²) in [4.78, 5) is 14.7. The van der Waals surface area contributed by atoms with Crippen LogP contribution in [0.3, 0.4) is 0 Å². The average Bonchev–Trinajstić information content (AvgIpc) is 2.62. The third-order valence-corrected chi connectivity index (χ3v) is 5.34. The summed E-state index contributed by atoms with van der Waals surface area (Å²) in [7, 11) is 0. The molecule has 5 nitrogen and oxygen atoms in total. The van der Waals surface area contributed by atoms with Crippen molar-refractivity contribution in [2.75, 3.05) is 31.2 Å². The van der Waals surface area contributed by atoms with Gasteiger partial charge in [0.05, 0.1) is 6.04 Å². The van der Waals surface area contributed by atoms with Crippen LogP contribution in [0.5, 0.6) is 0 Å². The predicted octanol–water partition coefficient (Wildman–Crippen LogP) is 1.97. The van der Waals surface area contributed by atoms with Crippen LogP contribution in [0.4, 0.5) is 10.1 Å². The molecule has 138 valence electrons. The summed E-state index contributed by atoms with van der Waals surface area (Å²) < 4.78 is 18.7. The lowest BCUT2D eigenvalue weighted by Gasteiger charge is -2.36. The van der Waals surface area contributed by atoms with Crippen LogP contribution in [0.1, 0.15) is 31.2 Å². The van der Waals surface area contributed by atoms with E-state index in [9.17, 15) is 9.18 Å². The van der Waals surface area contributed by atoms with E-state index in [1.165, 1.54) is 6.07 Å². The molecule has 2 unspecified atom stereocenters. The second kappa shape index (κ2) is 8.15. The number of hydrogen-bond donors (Lipinski definition) is 2. The molecule has 25 heavy (non-hydrogen) atoms. The van der Waals surface area contributed by atoms with Crippen molar-refractivity contribution < 1.29 is 13.9 Å². The van der Waals surface area contributed by atoms with Crippen molar-refractivity contribution in [2.45, 2.75) is 44.7 Å². The number of anilines is 1. The van der Waals surface area contributed by atoms with Gasteiger partial charge < -0.3 is 20.7 Å². The highest BCUT2D eigenvalue weighted by molar-refractivity contribution is 5.82. The summed E-state index contributed by atoms with van der Waals surface area (Å²) in [5.74, 6) is -0.0760.